The number of hydrogen-bond acceptors (Lipinski definition) is 4. The van der Waals surface area contributed by atoms with Crippen molar-refractivity contribution in [3.8, 4) is 0 Å². The Labute approximate surface area is 147 Å². The molecule has 0 radical (unpaired) electrons. The predicted octanol–water partition coefficient (Wildman–Crippen LogP) is 3.15. The quantitative estimate of drug-likeness (QED) is 0.874. The zero-order chi connectivity index (χ0) is 16.5. The van der Waals surface area contributed by atoms with Crippen molar-refractivity contribution in [1.29, 1.82) is 0 Å². The first kappa shape index (κ1) is 16.1. The number of piperidine rings is 1. The fraction of sp³-hybridized carbons (Fsp3) is 0.667. The van der Waals surface area contributed by atoms with Crippen molar-refractivity contribution in [3.05, 3.63) is 23.0 Å². The van der Waals surface area contributed by atoms with Gasteiger partial charge in [0.1, 0.15) is 0 Å². The number of imidazole rings is 1. The fourth-order valence-electron chi connectivity index (χ4n) is 3.75. The SMILES string of the molecule is CCCC(=O)N[C@H]1CCCN(Cc2c(C3CC3)nc3sccn23)C1. The molecule has 1 amide bonds. The van der Waals surface area contributed by atoms with Gasteiger partial charge in [-0.25, -0.2) is 4.98 Å². The zero-order valence-corrected chi connectivity index (χ0v) is 15.1. The molecule has 1 saturated heterocycles. The molecule has 1 aliphatic heterocycles. The first-order valence-corrected chi connectivity index (χ1v) is 10.1. The molecule has 2 aliphatic rings. The first-order chi connectivity index (χ1) is 11.7. The second kappa shape index (κ2) is 6.84. The molecule has 2 aromatic rings. The van der Waals surface area contributed by atoms with Crippen LogP contribution < -0.4 is 5.32 Å². The minimum Gasteiger partial charge on any atom is -0.352 e. The summed E-state index contributed by atoms with van der Waals surface area (Å²) >= 11 is 1.72. The molecular weight excluding hydrogens is 320 g/mol. The van der Waals surface area contributed by atoms with Crippen LogP contribution in [-0.4, -0.2) is 39.3 Å². The van der Waals surface area contributed by atoms with Gasteiger partial charge in [0.05, 0.1) is 11.4 Å². The van der Waals surface area contributed by atoms with Crippen molar-refractivity contribution in [2.45, 2.75) is 64.0 Å². The molecule has 24 heavy (non-hydrogen) atoms. The Morgan fingerprint density at radius 1 is 1.42 bits per heavy atom. The summed E-state index contributed by atoms with van der Waals surface area (Å²) in [6.45, 7) is 5.07. The van der Waals surface area contributed by atoms with Crippen LogP contribution in [0.3, 0.4) is 0 Å². The molecule has 0 spiro atoms. The molecule has 5 nitrogen and oxygen atoms in total. The summed E-state index contributed by atoms with van der Waals surface area (Å²) in [7, 11) is 0. The molecule has 6 heteroatoms. The third-order valence-corrected chi connectivity index (χ3v) is 5.83. The Hall–Kier alpha value is -1.40. The molecule has 1 N–H and O–H groups in total. The standard InChI is InChI=1S/C18H26N4OS/c1-2-4-16(23)19-14-5-3-8-21(11-14)12-15-17(13-6-7-13)20-18-22(15)9-10-24-18/h9-10,13-14H,2-8,11-12H2,1H3,(H,19,23)/t14-/m0/s1. The van der Waals surface area contributed by atoms with Crippen LogP contribution in [0.1, 0.15) is 62.8 Å². The molecular formula is C18H26N4OS. The van der Waals surface area contributed by atoms with Gasteiger partial charge in [0.25, 0.3) is 0 Å². The van der Waals surface area contributed by atoms with Crippen molar-refractivity contribution < 1.29 is 4.79 Å². The Morgan fingerprint density at radius 3 is 3.08 bits per heavy atom. The van der Waals surface area contributed by atoms with E-state index in [0.717, 1.165) is 43.9 Å². The van der Waals surface area contributed by atoms with Crippen LogP contribution in [-0.2, 0) is 11.3 Å². The van der Waals surface area contributed by atoms with Crippen LogP contribution >= 0.6 is 11.3 Å². The summed E-state index contributed by atoms with van der Waals surface area (Å²) in [5.74, 6) is 0.879. The maximum atomic E-state index is 11.9. The average molecular weight is 346 g/mol. The van der Waals surface area contributed by atoms with Crippen molar-refractivity contribution >= 4 is 22.2 Å². The van der Waals surface area contributed by atoms with Gasteiger partial charge in [0.2, 0.25) is 5.91 Å². The van der Waals surface area contributed by atoms with Crippen LogP contribution in [0.5, 0.6) is 0 Å². The van der Waals surface area contributed by atoms with E-state index in [2.05, 4.69) is 33.1 Å². The van der Waals surface area contributed by atoms with Crippen molar-refractivity contribution in [2.24, 2.45) is 0 Å². The minimum absolute atomic E-state index is 0.201. The molecule has 2 fully saturated rings. The van der Waals surface area contributed by atoms with Gasteiger partial charge < -0.3 is 5.32 Å². The normalized spacial score (nSPS) is 22.1. The van der Waals surface area contributed by atoms with Crippen molar-refractivity contribution in [3.63, 3.8) is 0 Å². The van der Waals surface area contributed by atoms with Gasteiger partial charge in [-0.05, 0) is 38.6 Å². The number of nitrogens with zero attached hydrogens (tertiary/aromatic N) is 3. The lowest BCUT2D eigenvalue weighted by atomic mass is 10.0. The molecule has 4 rings (SSSR count). The molecule has 1 atom stereocenters. The maximum absolute atomic E-state index is 11.9. The average Bonchev–Trinajstić information content (AvgIpc) is 3.20. The third-order valence-electron chi connectivity index (χ3n) is 5.08. The van der Waals surface area contributed by atoms with Crippen LogP contribution in [0.4, 0.5) is 0 Å². The zero-order valence-electron chi connectivity index (χ0n) is 14.3. The van der Waals surface area contributed by atoms with E-state index in [-0.39, 0.29) is 5.91 Å². The summed E-state index contributed by atoms with van der Waals surface area (Å²) in [6.07, 6.45) is 8.53. The number of amides is 1. The number of carbonyl (C=O) groups is 1. The summed E-state index contributed by atoms with van der Waals surface area (Å²) in [6, 6.07) is 0.299. The maximum Gasteiger partial charge on any atom is 0.220 e. The molecule has 1 aliphatic carbocycles. The van der Waals surface area contributed by atoms with Gasteiger partial charge in [-0.3, -0.25) is 14.1 Å². The second-order valence-corrected chi connectivity index (χ2v) is 8.04. The molecule has 2 aromatic heterocycles. The molecule has 1 saturated carbocycles. The Bertz CT molecular complexity index is 718. The summed E-state index contributed by atoms with van der Waals surface area (Å²) in [4.78, 5) is 20.4. The fourth-order valence-corrected chi connectivity index (χ4v) is 4.49. The third kappa shape index (κ3) is 3.35. The summed E-state index contributed by atoms with van der Waals surface area (Å²) in [5.41, 5.74) is 2.69. The minimum atomic E-state index is 0.201. The second-order valence-electron chi connectivity index (χ2n) is 7.17. The largest absolute Gasteiger partial charge is 0.352 e. The van der Waals surface area contributed by atoms with E-state index >= 15 is 0 Å². The number of rotatable bonds is 6. The molecule has 3 heterocycles. The Balaban J connectivity index is 1.46. The van der Waals surface area contributed by atoms with Gasteiger partial charge in [-0.2, -0.15) is 0 Å². The Morgan fingerprint density at radius 2 is 2.29 bits per heavy atom. The van der Waals surface area contributed by atoms with Crippen LogP contribution in [0.2, 0.25) is 0 Å². The number of carbonyl (C=O) groups excluding carboxylic acids is 1. The van der Waals surface area contributed by atoms with Gasteiger partial charge in [0, 0.05) is 43.0 Å². The lowest BCUT2D eigenvalue weighted by Crippen LogP contribution is -2.47. The van der Waals surface area contributed by atoms with E-state index in [1.807, 2.05) is 0 Å². The molecule has 0 bridgehead atoms. The molecule has 130 valence electrons. The number of aromatic nitrogens is 2. The van der Waals surface area contributed by atoms with Crippen LogP contribution in [0, 0.1) is 0 Å². The number of likely N-dealkylation sites (tertiary alicyclic amines) is 1. The monoisotopic (exact) mass is 346 g/mol. The smallest absolute Gasteiger partial charge is 0.220 e. The van der Waals surface area contributed by atoms with Crippen LogP contribution in [0.25, 0.3) is 4.96 Å². The topological polar surface area (TPSA) is 49.6 Å². The van der Waals surface area contributed by atoms with E-state index in [1.54, 1.807) is 11.3 Å². The van der Waals surface area contributed by atoms with E-state index < -0.39 is 0 Å². The summed E-state index contributed by atoms with van der Waals surface area (Å²) < 4.78 is 2.28. The van der Waals surface area contributed by atoms with Gasteiger partial charge in [-0.15, -0.1) is 11.3 Å². The number of thiazole rings is 1. The predicted molar refractivity (Wildman–Crippen MR) is 96.4 cm³/mol. The highest BCUT2D eigenvalue weighted by Gasteiger charge is 2.31. The van der Waals surface area contributed by atoms with Crippen molar-refractivity contribution in [2.75, 3.05) is 13.1 Å². The highest BCUT2D eigenvalue weighted by Crippen LogP contribution is 2.42. The number of nitrogens with one attached hydrogen (secondary N) is 1. The lowest BCUT2D eigenvalue weighted by Gasteiger charge is -2.33. The molecule has 0 unspecified atom stereocenters. The van der Waals surface area contributed by atoms with E-state index in [0.29, 0.717) is 18.4 Å². The first-order valence-electron chi connectivity index (χ1n) is 9.20. The highest BCUT2D eigenvalue weighted by atomic mass is 32.1. The van der Waals surface area contributed by atoms with Gasteiger partial charge in [-0.1, -0.05) is 6.92 Å². The summed E-state index contributed by atoms with van der Waals surface area (Å²) in [5, 5.41) is 5.33. The van der Waals surface area contributed by atoms with Gasteiger partial charge >= 0.3 is 0 Å². The van der Waals surface area contributed by atoms with E-state index in [1.165, 1.54) is 24.2 Å². The Kier molecular flexibility index (Phi) is 4.59. The van der Waals surface area contributed by atoms with E-state index in [9.17, 15) is 4.79 Å². The highest BCUT2D eigenvalue weighted by molar-refractivity contribution is 7.15. The van der Waals surface area contributed by atoms with Crippen LogP contribution in [0.15, 0.2) is 11.6 Å². The number of fused-ring (bicyclic) bond motifs is 1. The van der Waals surface area contributed by atoms with E-state index in [4.69, 9.17) is 4.98 Å². The number of hydrogen-bond donors (Lipinski definition) is 1. The lowest BCUT2D eigenvalue weighted by molar-refractivity contribution is -0.122. The van der Waals surface area contributed by atoms with Crippen molar-refractivity contribution in [1.82, 2.24) is 19.6 Å². The van der Waals surface area contributed by atoms with Gasteiger partial charge in [0.15, 0.2) is 4.96 Å². The molecule has 0 aromatic carbocycles.